The van der Waals surface area contributed by atoms with Crippen LogP contribution in [0.1, 0.15) is 12.5 Å². The molecule has 0 aliphatic carbocycles. The number of urea groups is 1. The number of hydrazone groups is 1. The molecule has 2 amide bonds. The summed E-state index contributed by atoms with van der Waals surface area (Å²) in [5.41, 5.74) is 6.05. The first kappa shape index (κ1) is 17.9. The maximum atomic E-state index is 12.0. The van der Waals surface area contributed by atoms with Crippen LogP contribution < -0.4 is 10.7 Å². The Morgan fingerprint density at radius 1 is 0.889 bits per heavy atom. The number of carbonyl (C=O) groups excluding carboxylic acids is 1. The quantitative estimate of drug-likeness (QED) is 0.380. The maximum Gasteiger partial charge on any atom is 0.339 e. The van der Waals surface area contributed by atoms with Crippen molar-refractivity contribution in [1.29, 1.82) is 0 Å². The zero-order valence-electron chi connectivity index (χ0n) is 14.7. The minimum Gasteiger partial charge on any atom is -0.307 e. The highest BCUT2D eigenvalue weighted by molar-refractivity contribution is 5.99. The second-order valence-electron chi connectivity index (χ2n) is 5.59. The van der Waals surface area contributed by atoms with Gasteiger partial charge in [-0.15, -0.1) is 0 Å². The van der Waals surface area contributed by atoms with Crippen molar-refractivity contribution in [3.8, 4) is 0 Å². The summed E-state index contributed by atoms with van der Waals surface area (Å²) in [5.74, 6) is 0. The van der Waals surface area contributed by atoms with Crippen molar-refractivity contribution in [3.63, 3.8) is 0 Å². The molecule has 0 spiro atoms. The highest BCUT2D eigenvalue weighted by Gasteiger charge is 2.02. The number of rotatable bonds is 5. The largest absolute Gasteiger partial charge is 0.339 e. The molecule has 3 rings (SSSR count). The molecule has 0 saturated carbocycles. The fraction of sp³-hybridized carbons (Fsp3) is 0.0500. The third-order valence-corrected chi connectivity index (χ3v) is 3.57. The number of amides is 2. The summed E-state index contributed by atoms with van der Waals surface area (Å²) in [5, 5.41) is 15.1. The Bertz CT molecular complexity index is 937. The molecule has 0 aliphatic rings. The molecular formula is C20H18N6O. The van der Waals surface area contributed by atoms with Crippen LogP contribution in [0.25, 0.3) is 0 Å². The van der Waals surface area contributed by atoms with Gasteiger partial charge in [0.25, 0.3) is 0 Å². The highest BCUT2D eigenvalue weighted by Crippen LogP contribution is 2.19. The number of pyridine rings is 1. The molecule has 7 nitrogen and oxygen atoms in total. The molecule has 2 aromatic carbocycles. The van der Waals surface area contributed by atoms with Gasteiger partial charge in [0.05, 0.1) is 17.1 Å². The number of benzene rings is 2. The van der Waals surface area contributed by atoms with E-state index in [9.17, 15) is 4.79 Å². The molecule has 0 unspecified atom stereocenters. The average Bonchev–Trinajstić information content (AvgIpc) is 2.73. The molecule has 134 valence electrons. The van der Waals surface area contributed by atoms with Crippen LogP contribution in [0.5, 0.6) is 0 Å². The lowest BCUT2D eigenvalue weighted by Crippen LogP contribution is -2.25. The molecule has 0 fully saturated rings. The Morgan fingerprint density at radius 3 is 2.26 bits per heavy atom. The van der Waals surface area contributed by atoms with E-state index in [0.29, 0.717) is 17.1 Å². The minimum absolute atomic E-state index is 0.433. The first-order valence-electron chi connectivity index (χ1n) is 8.29. The lowest BCUT2D eigenvalue weighted by Gasteiger charge is -2.05. The van der Waals surface area contributed by atoms with Gasteiger partial charge in [0.1, 0.15) is 0 Å². The van der Waals surface area contributed by atoms with Gasteiger partial charge >= 0.3 is 6.03 Å². The van der Waals surface area contributed by atoms with Gasteiger partial charge in [0.15, 0.2) is 0 Å². The zero-order chi connectivity index (χ0) is 18.9. The van der Waals surface area contributed by atoms with E-state index >= 15 is 0 Å². The van der Waals surface area contributed by atoms with Gasteiger partial charge in [0.2, 0.25) is 0 Å². The van der Waals surface area contributed by atoms with E-state index in [-0.39, 0.29) is 0 Å². The summed E-state index contributed by atoms with van der Waals surface area (Å²) in [6.07, 6.45) is 3.36. The molecule has 0 atom stereocenters. The lowest BCUT2D eigenvalue weighted by molar-refractivity contribution is 0.252. The summed E-state index contributed by atoms with van der Waals surface area (Å²) in [4.78, 5) is 16.0. The number of aromatic nitrogens is 1. The molecule has 0 saturated heterocycles. The van der Waals surface area contributed by atoms with E-state index in [4.69, 9.17) is 0 Å². The Labute approximate surface area is 156 Å². The number of hydrogen-bond donors (Lipinski definition) is 2. The molecule has 0 aliphatic heterocycles. The van der Waals surface area contributed by atoms with E-state index in [0.717, 1.165) is 11.3 Å². The molecule has 2 N–H and O–H groups in total. The molecule has 3 aromatic rings. The molecule has 7 heteroatoms. The topological polar surface area (TPSA) is 91.1 Å². The first-order chi connectivity index (χ1) is 13.2. The third kappa shape index (κ3) is 5.57. The third-order valence-electron chi connectivity index (χ3n) is 3.57. The van der Waals surface area contributed by atoms with Gasteiger partial charge in [-0.05, 0) is 49.4 Å². The van der Waals surface area contributed by atoms with E-state index in [2.05, 4.69) is 31.1 Å². The van der Waals surface area contributed by atoms with E-state index in [1.807, 2.05) is 42.5 Å². The molecule has 1 aromatic heterocycles. The summed E-state index contributed by atoms with van der Waals surface area (Å²) >= 11 is 0. The normalized spacial score (nSPS) is 11.4. The highest BCUT2D eigenvalue weighted by atomic mass is 16.2. The van der Waals surface area contributed by atoms with Crippen molar-refractivity contribution in [3.05, 3.63) is 84.7 Å². The summed E-state index contributed by atoms with van der Waals surface area (Å²) < 4.78 is 0. The zero-order valence-corrected chi connectivity index (χ0v) is 14.7. The molecule has 1 heterocycles. The molecular weight excluding hydrogens is 340 g/mol. The number of nitrogens with zero attached hydrogens (tertiary/aromatic N) is 4. The number of anilines is 1. The predicted octanol–water partition coefficient (Wildman–Crippen LogP) is 5.04. The second kappa shape index (κ2) is 9.00. The average molecular weight is 358 g/mol. The lowest BCUT2D eigenvalue weighted by atomic mass is 10.2. The summed E-state index contributed by atoms with van der Waals surface area (Å²) in [6.45, 7) is 1.80. The fourth-order valence-electron chi connectivity index (χ4n) is 2.16. The number of nitrogens with one attached hydrogen (secondary N) is 2. The van der Waals surface area contributed by atoms with Crippen LogP contribution in [0, 0.1) is 0 Å². The predicted molar refractivity (Wildman–Crippen MR) is 106 cm³/mol. The van der Waals surface area contributed by atoms with E-state index in [1.165, 1.54) is 0 Å². The van der Waals surface area contributed by atoms with Gasteiger partial charge in [0, 0.05) is 23.6 Å². The monoisotopic (exact) mass is 358 g/mol. The van der Waals surface area contributed by atoms with Crippen LogP contribution in [-0.4, -0.2) is 16.7 Å². The number of azo groups is 1. The van der Waals surface area contributed by atoms with Crippen LogP contribution in [0.4, 0.5) is 21.9 Å². The fourth-order valence-corrected chi connectivity index (χ4v) is 2.16. The van der Waals surface area contributed by atoms with Crippen molar-refractivity contribution < 1.29 is 4.79 Å². The SMILES string of the molecule is C/C(=N\NC(=O)Nc1ccc(N=Nc2ccccc2)cc1)c1cccnc1. The molecule has 0 radical (unpaired) electrons. The maximum absolute atomic E-state index is 12.0. The molecule has 0 bridgehead atoms. The Morgan fingerprint density at radius 2 is 1.59 bits per heavy atom. The smallest absolute Gasteiger partial charge is 0.307 e. The van der Waals surface area contributed by atoms with Crippen LogP contribution in [0.3, 0.4) is 0 Å². The summed E-state index contributed by atoms with van der Waals surface area (Å²) in [7, 11) is 0. The van der Waals surface area contributed by atoms with Gasteiger partial charge in [-0.25, -0.2) is 10.2 Å². The second-order valence-corrected chi connectivity index (χ2v) is 5.59. The van der Waals surface area contributed by atoms with Crippen LogP contribution in [0.15, 0.2) is 94.5 Å². The van der Waals surface area contributed by atoms with E-state index < -0.39 is 6.03 Å². The van der Waals surface area contributed by atoms with Gasteiger partial charge in [-0.2, -0.15) is 15.3 Å². The Hall–Kier alpha value is -3.87. The first-order valence-corrected chi connectivity index (χ1v) is 8.29. The van der Waals surface area contributed by atoms with Crippen molar-refractivity contribution in [1.82, 2.24) is 10.4 Å². The van der Waals surface area contributed by atoms with Crippen molar-refractivity contribution >= 4 is 28.8 Å². The van der Waals surface area contributed by atoms with Crippen molar-refractivity contribution in [2.75, 3.05) is 5.32 Å². The van der Waals surface area contributed by atoms with Crippen molar-refractivity contribution in [2.24, 2.45) is 15.3 Å². The summed E-state index contributed by atoms with van der Waals surface area (Å²) in [6, 6.07) is 19.8. The van der Waals surface area contributed by atoms with E-state index in [1.54, 1.807) is 43.6 Å². The van der Waals surface area contributed by atoms with Gasteiger partial charge in [-0.3, -0.25) is 4.98 Å². The molecule has 27 heavy (non-hydrogen) atoms. The van der Waals surface area contributed by atoms with Crippen LogP contribution >= 0.6 is 0 Å². The number of carbonyl (C=O) groups is 1. The van der Waals surface area contributed by atoms with Crippen molar-refractivity contribution in [2.45, 2.75) is 6.92 Å². The standard InChI is InChI=1S/C20H18N6O/c1-15(16-6-5-13-21-14-16)23-26-20(27)22-17-9-11-19(12-10-17)25-24-18-7-3-2-4-8-18/h2-14H,1H3,(H2,22,26,27)/b23-15+,25-24?. The van der Waals surface area contributed by atoms with Crippen LogP contribution in [0.2, 0.25) is 0 Å². The number of hydrogen-bond acceptors (Lipinski definition) is 5. The Kier molecular flexibility index (Phi) is 5.98. The van der Waals surface area contributed by atoms with Gasteiger partial charge in [-0.1, -0.05) is 24.3 Å². The Balaban J connectivity index is 1.55. The minimum atomic E-state index is -0.433. The van der Waals surface area contributed by atoms with Gasteiger partial charge < -0.3 is 5.32 Å². The van der Waals surface area contributed by atoms with Crippen LogP contribution in [-0.2, 0) is 0 Å².